The number of hydrogen-bond acceptors (Lipinski definition) is 6. The van der Waals surface area contributed by atoms with Crippen LogP contribution in [-0.4, -0.2) is 32.9 Å². The number of carbonyl (C=O) groups excluding carboxylic acids is 1. The van der Waals surface area contributed by atoms with Gasteiger partial charge in [0.25, 0.3) is 5.91 Å². The number of fused-ring (bicyclic) bond motifs is 1. The van der Waals surface area contributed by atoms with Gasteiger partial charge in [-0.05, 0) is 42.5 Å². The summed E-state index contributed by atoms with van der Waals surface area (Å²) < 4.78 is 79.0. The number of halogens is 6. The minimum absolute atomic E-state index is 0.0414. The Morgan fingerprint density at radius 3 is 2.26 bits per heavy atom. The van der Waals surface area contributed by atoms with Crippen LogP contribution in [0.1, 0.15) is 21.6 Å². The SMILES string of the molecule is CNC(=O)c1ccc(C(F)(F)F)c(-c2ccc3c(Nc4ccc(C(F)(F)F)cn4)ccnc3n2)n1. The zero-order chi connectivity index (χ0) is 25.4. The molecule has 0 aliphatic rings. The standard InChI is InChI=1S/C22H14F6N6O/c1-29-20(35)16-6-4-13(22(26,27)28)18(33-16)15-5-3-12-14(8-9-30-19(12)34-15)32-17-7-2-11(10-31-17)21(23,24)25/h2-10H,1H3,(H,29,35)(H,30,31,32,34). The second-order valence-corrected chi connectivity index (χ2v) is 7.15. The molecular weight excluding hydrogens is 478 g/mol. The first-order valence-corrected chi connectivity index (χ1v) is 9.84. The molecule has 0 aliphatic carbocycles. The Morgan fingerprint density at radius 1 is 0.857 bits per heavy atom. The maximum atomic E-state index is 13.6. The third kappa shape index (κ3) is 4.98. The summed E-state index contributed by atoms with van der Waals surface area (Å²) in [7, 11) is 1.32. The van der Waals surface area contributed by atoms with Gasteiger partial charge in [0.15, 0.2) is 5.65 Å². The molecule has 0 unspecified atom stereocenters. The fourth-order valence-corrected chi connectivity index (χ4v) is 3.18. The van der Waals surface area contributed by atoms with Crippen LogP contribution in [0.4, 0.5) is 37.8 Å². The third-order valence-corrected chi connectivity index (χ3v) is 4.86. The van der Waals surface area contributed by atoms with Crippen molar-refractivity contribution in [1.29, 1.82) is 0 Å². The van der Waals surface area contributed by atoms with Crippen LogP contribution in [0.25, 0.3) is 22.4 Å². The van der Waals surface area contributed by atoms with Crippen molar-refractivity contribution < 1.29 is 31.1 Å². The predicted molar refractivity (Wildman–Crippen MR) is 114 cm³/mol. The first kappa shape index (κ1) is 23.9. The molecule has 13 heteroatoms. The second-order valence-electron chi connectivity index (χ2n) is 7.15. The van der Waals surface area contributed by atoms with E-state index >= 15 is 0 Å². The quantitative estimate of drug-likeness (QED) is 0.379. The third-order valence-electron chi connectivity index (χ3n) is 4.86. The van der Waals surface area contributed by atoms with Crippen LogP contribution in [0.5, 0.6) is 0 Å². The van der Waals surface area contributed by atoms with Crippen molar-refractivity contribution >= 4 is 28.4 Å². The summed E-state index contributed by atoms with van der Waals surface area (Å²) in [6.45, 7) is 0. The van der Waals surface area contributed by atoms with E-state index in [1.807, 2.05) is 0 Å². The van der Waals surface area contributed by atoms with E-state index in [0.29, 0.717) is 17.3 Å². The van der Waals surface area contributed by atoms with Crippen molar-refractivity contribution in [2.45, 2.75) is 12.4 Å². The van der Waals surface area contributed by atoms with E-state index in [2.05, 4.69) is 30.6 Å². The number of aromatic nitrogens is 4. The molecular formula is C22H14F6N6O. The highest BCUT2D eigenvalue weighted by Gasteiger charge is 2.35. The summed E-state index contributed by atoms with van der Waals surface area (Å²) in [6, 6.07) is 7.93. The molecule has 0 aromatic carbocycles. The molecule has 4 heterocycles. The minimum Gasteiger partial charge on any atom is -0.354 e. The monoisotopic (exact) mass is 492 g/mol. The molecule has 0 saturated heterocycles. The lowest BCUT2D eigenvalue weighted by molar-refractivity contribution is -0.138. The van der Waals surface area contributed by atoms with Gasteiger partial charge in [0.05, 0.1) is 22.5 Å². The van der Waals surface area contributed by atoms with Crippen molar-refractivity contribution in [2.24, 2.45) is 0 Å². The van der Waals surface area contributed by atoms with Gasteiger partial charge in [-0.15, -0.1) is 0 Å². The fraction of sp³-hybridized carbons (Fsp3) is 0.136. The molecule has 4 aromatic rings. The van der Waals surface area contributed by atoms with Gasteiger partial charge in [0, 0.05) is 24.8 Å². The van der Waals surface area contributed by atoms with E-state index in [4.69, 9.17) is 0 Å². The van der Waals surface area contributed by atoms with Crippen molar-refractivity contribution in [3.05, 3.63) is 71.7 Å². The van der Waals surface area contributed by atoms with Crippen molar-refractivity contribution in [3.63, 3.8) is 0 Å². The Hall–Kier alpha value is -4.29. The highest BCUT2D eigenvalue weighted by Crippen LogP contribution is 2.36. The first-order chi connectivity index (χ1) is 16.5. The maximum Gasteiger partial charge on any atom is 0.418 e. The lowest BCUT2D eigenvalue weighted by Gasteiger charge is -2.14. The Morgan fingerprint density at radius 2 is 1.63 bits per heavy atom. The van der Waals surface area contributed by atoms with E-state index < -0.39 is 35.1 Å². The minimum atomic E-state index is -4.76. The summed E-state index contributed by atoms with van der Waals surface area (Å²) in [5.41, 5.74) is -2.54. The molecule has 4 aromatic heterocycles. The number of hydrogen-bond donors (Lipinski definition) is 2. The van der Waals surface area contributed by atoms with Crippen molar-refractivity contribution in [2.75, 3.05) is 12.4 Å². The number of alkyl halides is 6. The summed E-state index contributed by atoms with van der Waals surface area (Å²) in [5.74, 6) is -0.566. The summed E-state index contributed by atoms with van der Waals surface area (Å²) in [4.78, 5) is 27.8. The van der Waals surface area contributed by atoms with Crippen molar-refractivity contribution in [1.82, 2.24) is 25.3 Å². The van der Waals surface area contributed by atoms with E-state index in [0.717, 1.165) is 24.3 Å². The molecule has 7 nitrogen and oxygen atoms in total. The second kappa shape index (κ2) is 8.81. The fourth-order valence-electron chi connectivity index (χ4n) is 3.18. The lowest BCUT2D eigenvalue weighted by atomic mass is 10.1. The molecule has 0 bridgehead atoms. The van der Waals surface area contributed by atoms with Crippen LogP contribution in [-0.2, 0) is 12.4 Å². The summed E-state index contributed by atoms with van der Waals surface area (Å²) in [5, 5.41) is 5.51. The molecule has 0 fully saturated rings. The molecule has 35 heavy (non-hydrogen) atoms. The van der Waals surface area contributed by atoms with Gasteiger partial charge in [0.1, 0.15) is 17.2 Å². The molecule has 0 atom stereocenters. The molecule has 4 rings (SSSR count). The van der Waals surface area contributed by atoms with Crippen LogP contribution in [0, 0.1) is 0 Å². The Kier molecular flexibility index (Phi) is 6.01. The molecule has 0 radical (unpaired) electrons. The normalized spacial score (nSPS) is 12.0. The number of nitrogens with one attached hydrogen (secondary N) is 2. The molecule has 1 amide bonds. The average Bonchev–Trinajstić information content (AvgIpc) is 2.82. The van der Waals surface area contributed by atoms with Crippen LogP contribution < -0.4 is 10.6 Å². The van der Waals surface area contributed by atoms with Gasteiger partial charge >= 0.3 is 12.4 Å². The number of anilines is 2. The lowest BCUT2D eigenvalue weighted by Crippen LogP contribution is -2.20. The van der Waals surface area contributed by atoms with Crippen LogP contribution in [0.15, 0.2) is 54.9 Å². The molecule has 0 spiro atoms. The molecule has 0 saturated carbocycles. The van der Waals surface area contributed by atoms with E-state index in [1.54, 1.807) is 0 Å². The van der Waals surface area contributed by atoms with Crippen LogP contribution >= 0.6 is 0 Å². The first-order valence-electron chi connectivity index (χ1n) is 9.84. The zero-order valence-electron chi connectivity index (χ0n) is 17.7. The maximum absolute atomic E-state index is 13.6. The predicted octanol–water partition coefficient (Wildman–Crippen LogP) is 5.23. The van der Waals surface area contributed by atoms with E-state index in [1.165, 1.54) is 31.4 Å². The number of rotatable bonds is 4. The summed E-state index contributed by atoms with van der Waals surface area (Å²) >= 11 is 0. The number of carbonyl (C=O) groups is 1. The molecule has 2 N–H and O–H groups in total. The van der Waals surface area contributed by atoms with Gasteiger partial charge in [-0.25, -0.2) is 19.9 Å². The summed E-state index contributed by atoms with van der Waals surface area (Å²) in [6.07, 6.45) is -7.30. The Balaban J connectivity index is 1.75. The van der Waals surface area contributed by atoms with E-state index in [-0.39, 0.29) is 22.9 Å². The average molecular weight is 492 g/mol. The number of nitrogens with zero attached hydrogens (tertiary/aromatic N) is 4. The topological polar surface area (TPSA) is 92.7 Å². The number of amides is 1. The Bertz CT molecular complexity index is 1400. The molecule has 180 valence electrons. The highest BCUT2D eigenvalue weighted by molar-refractivity contribution is 5.94. The van der Waals surface area contributed by atoms with Crippen LogP contribution in [0.2, 0.25) is 0 Å². The number of pyridine rings is 4. The van der Waals surface area contributed by atoms with Gasteiger partial charge in [0.2, 0.25) is 0 Å². The van der Waals surface area contributed by atoms with Crippen molar-refractivity contribution in [3.8, 4) is 11.4 Å². The van der Waals surface area contributed by atoms with Gasteiger partial charge < -0.3 is 10.6 Å². The Labute approximate surface area is 193 Å². The largest absolute Gasteiger partial charge is 0.418 e. The molecule has 0 aliphatic heterocycles. The van der Waals surface area contributed by atoms with Crippen LogP contribution in [0.3, 0.4) is 0 Å². The highest BCUT2D eigenvalue weighted by atomic mass is 19.4. The smallest absolute Gasteiger partial charge is 0.354 e. The zero-order valence-corrected chi connectivity index (χ0v) is 17.7. The van der Waals surface area contributed by atoms with Gasteiger partial charge in [-0.1, -0.05) is 0 Å². The van der Waals surface area contributed by atoms with Gasteiger partial charge in [-0.3, -0.25) is 4.79 Å². The van der Waals surface area contributed by atoms with Gasteiger partial charge in [-0.2, -0.15) is 26.3 Å². The van der Waals surface area contributed by atoms with E-state index in [9.17, 15) is 31.1 Å².